The second kappa shape index (κ2) is 3.89. The van der Waals surface area contributed by atoms with Crippen molar-refractivity contribution in [2.45, 2.75) is 51.1 Å². The van der Waals surface area contributed by atoms with Crippen LogP contribution in [0.2, 0.25) is 0 Å². The average Bonchev–Trinajstić information content (AvgIpc) is 3.02. The highest BCUT2D eigenvalue weighted by Gasteiger charge is 2.40. The zero-order valence-corrected chi connectivity index (χ0v) is 10.2. The molecule has 2 fully saturated rings. The van der Waals surface area contributed by atoms with Crippen molar-refractivity contribution < 1.29 is 0 Å². The first-order valence-corrected chi connectivity index (χ1v) is 6.56. The number of hydrogen-bond acceptors (Lipinski definition) is 1. The van der Waals surface area contributed by atoms with Gasteiger partial charge >= 0.3 is 0 Å². The Bertz CT molecular complexity index is 381. The number of benzene rings is 1. The standard InChI is InChI=1S/C15H21N/c1-10-4-3-5-13(8-10)14-9-15(12-6-7-12)16-11(14)2/h3-5,8,11-12,14-16H,6-7,9H2,1-2H3. The molecule has 1 nitrogen and oxygen atoms in total. The van der Waals surface area contributed by atoms with Gasteiger partial charge in [0.05, 0.1) is 0 Å². The van der Waals surface area contributed by atoms with Gasteiger partial charge < -0.3 is 5.32 Å². The molecule has 86 valence electrons. The minimum absolute atomic E-state index is 0.646. The molecule has 2 aliphatic rings. The molecule has 16 heavy (non-hydrogen) atoms. The summed E-state index contributed by atoms with van der Waals surface area (Å²) in [6.07, 6.45) is 4.24. The van der Waals surface area contributed by atoms with Crippen LogP contribution in [0.1, 0.15) is 43.2 Å². The molecule has 1 N–H and O–H groups in total. The Balaban J connectivity index is 1.79. The van der Waals surface area contributed by atoms with Gasteiger partial charge in [0.1, 0.15) is 0 Å². The van der Waals surface area contributed by atoms with Crippen molar-refractivity contribution >= 4 is 0 Å². The smallest absolute Gasteiger partial charge is 0.0111 e. The van der Waals surface area contributed by atoms with E-state index in [-0.39, 0.29) is 0 Å². The van der Waals surface area contributed by atoms with E-state index in [4.69, 9.17) is 0 Å². The van der Waals surface area contributed by atoms with Gasteiger partial charge in [-0.05, 0) is 44.6 Å². The third kappa shape index (κ3) is 1.89. The van der Waals surface area contributed by atoms with E-state index in [9.17, 15) is 0 Å². The van der Waals surface area contributed by atoms with Crippen molar-refractivity contribution in [2.24, 2.45) is 5.92 Å². The van der Waals surface area contributed by atoms with Gasteiger partial charge in [0, 0.05) is 18.0 Å². The molecular weight excluding hydrogens is 194 g/mol. The zero-order valence-electron chi connectivity index (χ0n) is 10.2. The van der Waals surface area contributed by atoms with Gasteiger partial charge in [-0.15, -0.1) is 0 Å². The Morgan fingerprint density at radius 3 is 2.75 bits per heavy atom. The summed E-state index contributed by atoms with van der Waals surface area (Å²) in [5, 5.41) is 3.78. The monoisotopic (exact) mass is 215 g/mol. The van der Waals surface area contributed by atoms with Crippen LogP contribution in [0.25, 0.3) is 0 Å². The fourth-order valence-corrected chi connectivity index (χ4v) is 3.15. The van der Waals surface area contributed by atoms with Crippen LogP contribution in [0.15, 0.2) is 24.3 Å². The summed E-state index contributed by atoms with van der Waals surface area (Å²) < 4.78 is 0. The molecule has 3 unspecified atom stereocenters. The van der Waals surface area contributed by atoms with Crippen molar-refractivity contribution in [1.82, 2.24) is 5.32 Å². The molecule has 1 saturated carbocycles. The Labute approximate surface area is 98.3 Å². The van der Waals surface area contributed by atoms with Gasteiger partial charge in [-0.1, -0.05) is 29.8 Å². The minimum atomic E-state index is 0.646. The summed E-state index contributed by atoms with van der Waals surface area (Å²) in [4.78, 5) is 0. The quantitative estimate of drug-likeness (QED) is 0.798. The lowest BCUT2D eigenvalue weighted by molar-refractivity contribution is 0.509. The van der Waals surface area contributed by atoms with Crippen molar-refractivity contribution in [3.05, 3.63) is 35.4 Å². The predicted octanol–water partition coefficient (Wildman–Crippen LogP) is 3.24. The van der Waals surface area contributed by atoms with Gasteiger partial charge in [-0.3, -0.25) is 0 Å². The van der Waals surface area contributed by atoms with Crippen molar-refractivity contribution in [2.75, 3.05) is 0 Å². The van der Waals surface area contributed by atoms with Gasteiger partial charge in [0.2, 0.25) is 0 Å². The van der Waals surface area contributed by atoms with Crippen LogP contribution in [0.3, 0.4) is 0 Å². The molecule has 0 aromatic heterocycles. The van der Waals surface area contributed by atoms with Crippen LogP contribution in [0.5, 0.6) is 0 Å². The fourth-order valence-electron chi connectivity index (χ4n) is 3.15. The third-order valence-electron chi connectivity index (χ3n) is 4.25. The van der Waals surface area contributed by atoms with Gasteiger partial charge in [-0.2, -0.15) is 0 Å². The zero-order chi connectivity index (χ0) is 11.1. The van der Waals surface area contributed by atoms with Crippen molar-refractivity contribution in [1.29, 1.82) is 0 Å². The molecule has 0 spiro atoms. The maximum atomic E-state index is 3.78. The lowest BCUT2D eigenvalue weighted by Crippen LogP contribution is -2.29. The molecule has 1 aromatic carbocycles. The summed E-state index contributed by atoms with van der Waals surface area (Å²) in [5.41, 5.74) is 2.92. The second-order valence-corrected chi connectivity index (χ2v) is 5.66. The molecule has 0 radical (unpaired) electrons. The molecule has 0 bridgehead atoms. The minimum Gasteiger partial charge on any atom is -0.311 e. The first-order chi connectivity index (χ1) is 7.74. The van der Waals surface area contributed by atoms with Gasteiger partial charge in [0.25, 0.3) is 0 Å². The summed E-state index contributed by atoms with van der Waals surface area (Å²) in [5.74, 6) is 1.71. The highest BCUT2D eigenvalue weighted by molar-refractivity contribution is 5.28. The average molecular weight is 215 g/mol. The fraction of sp³-hybridized carbons (Fsp3) is 0.600. The molecule has 0 amide bonds. The molecule has 1 heterocycles. The second-order valence-electron chi connectivity index (χ2n) is 5.66. The third-order valence-corrected chi connectivity index (χ3v) is 4.25. The number of hydrogen-bond donors (Lipinski definition) is 1. The van der Waals surface area contributed by atoms with Crippen LogP contribution in [0.4, 0.5) is 0 Å². The number of rotatable bonds is 2. The van der Waals surface area contributed by atoms with E-state index in [2.05, 4.69) is 43.4 Å². The van der Waals surface area contributed by atoms with E-state index in [0.717, 1.165) is 17.9 Å². The Hall–Kier alpha value is -0.820. The Morgan fingerprint density at radius 2 is 2.06 bits per heavy atom. The highest BCUT2D eigenvalue weighted by atomic mass is 15.0. The van der Waals surface area contributed by atoms with E-state index >= 15 is 0 Å². The van der Waals surface area contributed by atoms with E-state index in [1.165, 1.54) is 30.4 Å². The van der Waals surface area contributed by atoms with E-state index in [0.29, 0.717) is 6.04 Å². The maximum absolute atomic E-state index is 3.78. The molecule has 1 aliphatic carbocycles. The van der Waals surface area contributed by atoms with Crippen LogP contribution in [-0.2, 0) is 0 Å². The van der Waals surface area contributed by atoms with Gasteiger partial charge in [-0.25, -0.2) is 0 Å². The van der Waals surface area contributed by atoms with Crippen LogP contribution in [-0.4, -0.2) is 12.1 Å². The normalized spacial score (nSPS) is 34.2. The predicted molar refractivity (Wildman–Crippen MR) is 67.6 cm³/mol. The molecule has 3 atom stereocenters. The Morgan fingerprint density at radius 1 is 1.25 bits per heavy atom. The number of nitrogens with one attached hydrogen (secondary N) is 1. The van der Waals surface area contributed by atoms with Crippen LogP contribution < -0.4 is 5.32 Å². The summed E-state index contributed by atoms with van der Waals surface area (Å²) in [7, 11) is 0. The lowest BCUT2D eigenvalue weighted by atomic mass is 9.90. The molecule has 1 heteroatoms. The largest absolute Gasteiger partial charge is 0.311 e. The van der Waals surface area contributed by atoms with Crippen molar-refractivity contribution in [3.8, 4) is 0 Å². The van der Waals surface area contributed by atoms with Crippen molar-refractivity contribution in [3.63, 3.8) is 0 Å². The molecular formula is C15H21N. The SMILES string of the molecule is Cc1cccc(C2CC(C3CC3)NC2C)c1. The Kier molecular flexibility index (Phi) is 2.51. The molecule has 1 aromatic rings. The maximum Gasteiger partial charge on any atom is 0.0111 e. The van der Waals surface area contributed by atoms with Crippen LogP contribution >= 0.6 is 0 Å². The van der Waals surface area contributed by atoms with Crippen LogP contribution in [0, 0.1) is 12.8 Å². The lowest BCUT2D eigenvalue weighted by Gasteiger charge is -2.15. The highest BCUT2D eigenvalue weighted by Crippen LogP contribution is 2.42. The van der Waals surface area contributed by atoms with Gasteiger partial charge in [0.15, 0.2) is 0 Å². The topological polar surface area (TPSA) is 12.0 Å². The molecule has 1 saturated heterocycles. The summed E-state index contributed by atoms with van der Waals surface area (Å²) >= 11 is 0. The van der Waals surface area contributed by atoms with E-state index in [1.807, 2.05) is 0 Å². The first kappa shape index (κ1) is 10.3. The first-order valence-electron chi connectivity index (χ1n) is 6.56. The van der Waals surface area contributed by atoms with E-state index in [1.54, 1.807) is 0 Å². The summed E-state index contributed by atoms with van der Waals surface area (Å²) in [6, 6.07) is 10.5. The number of aryl methyl sites for hydroxylation is 1. The van der Waals surface area contributed by atoms with E-state index < -0.39 is 0 Å². The summed E-state index contributed by atoms with van der Waals surface area (Å²) in [6.45, 7) is 4.53. The molecule has 1 aliphatic heterocycles. The molecule has 3 rings (SSSR count).